The van der Waals surface area contributed by atoms with Crippen molar-refractivity contribution < 1.29 is 0 Å². The molecule has 1 N–H and O–H groups in total. The van der Waals surface area contributed by atoms with Gasteiger partial charge in [0.1, 0.15) is 0 Å². The van der Waals surface area contributed by atoms with Crippen LogP contribution < -0.4 is 5.32 Å². The van der Waals surface area contributed by atoms with Crippen LogP contribution in [0.2, 0.25) is 5.02 Å². The number of nitriles is 1. The van der Waals surface area contributed by atoms with Gasteiger partial charge in [-0.3, -0.25) is 0 Å². The van der Waals surface area contributed by atoms with E-state index in [1.165, 1.54) is 5.56 Å². The molecular weight excluding hydrogens is 280 g/mol. The fourth-order valence-corrected chi connectivity index (χ4v) is 2.69. The molecule has 0 aliphatic rings. The Morgan fingerprint density at radius 1 is 1.14 bits per heavy atom. The number of nitrogens with one attached hydrogen (secondary N) is 1. The molecule has 0 radical (unpaired) electrons. The van der Waals surface area contributed by atoms with Crippen LogP contribution in [0.5, 0.6) is 0 Å². The van der Waals surface area contributed by atoms with Gasteiger partial charge in [0.05, 0.1) is 11.6 Å². The van der Waals surface area contributed by atoms with E-state index in [1.807, 2.05) is 42.5 Å². The number of halogens is 1. The highest BCUT2D eigenvalue weighted by Crippen LogP contribution is 2.17. The molecule has 0 fully saturated rings. The number of nitrogens with zero attached hydrogens (tertiary/aromatic N) is 1. The highest BCUT2D eigenvalue weighted by molar-refractivity contribution is 6.30. The van der Waals surface area contributed by atoms with Crippen LogP contribution in [0.4, 0.5) is 0 Å². The third kappa shape index (κ3) is 4.60. The van der Waals surface area contributed by atoms with Crippen molar-refractivity contribution >= 4 is 11.6 Å². The molecule has 0 aromatic heterocycles. The van der Waals surface area contributed by atoms with E-state index in [0.29, 0.717) is 11.6 Å². The Morgan fingerprint density at radius 3 is 2.62 bits per heavy atom. The largest absolute Gasteiger partial charge is 0.307 e. The first-order valence-electron chi connectivity index (χ1n) is 7.09. The van der Waals surface area contributed by atoms with Crippen LogP contribution in [0.15, 0.2) is 48.5 Å². The first-order chi connectivity index (χ1) is 10.1. The van der Waals surface area contributed by atoms with Crippen LogP contribution >= 0.6 is 11.6 Å². The van der Waals surface area contributed by atoms with E-state index in [2.05, 4.69) is 31.3 Å². The predicted octanol–water partition coefficient (Wildman–Crippen LogP) is 4.49. The van der Waals surface area contributed by atoms with Crippen molar-refractivity contribution in [2.24, 2.45) is 0 Å². The molecule has 21 heavy (non-hydrogen) atoms. The molecule has 2 nitrogen and oxygen atoms in total. The lowest BCUT2D eigenvalue weighted by molar-refractivity contribution is 0.477. The van der Waals surface area contributed by atoms with Crippen molar-refractivity contribution in [3.63, 3.8) is 0 Å². The topological polar surface area (TPSA) is 35.8 Å². The molecule has 2 aromatic rings. The summed E-state index contributed by atoms with van der Waals surface area (Å²) in [6.45, 7) is 4.27. The Kier molecular flexibility index (Phi) is 5.38. The molecule has 0 saturated carbocycles. The highest BCUT2D eigenvalue weighted by Gasteiger charge is 2.10. The molecule has 2 rings (SSSR count). The molecule has 0 amide bonds. The minimum absolute atomic E-state index is 0.201. The van der Waals surface area contributed by atoms with E-state index in [0.717, 1.165) is 17.0 Å². The highest BCUT2D eigenvalue weighted by atomic mass is 35.5. The summed E-state index contributed by atoms with van der Waals surface area (Å²) in [6, 6.07) is 18.4. The van der Waals surface area contributed by atoms with E-state index < -0.39 is 0 Å². The van der Waals surface area contributed by atoms with Gasteiger partial charge >= 0.3 is 0 Å². The van der Waals surface area contributed by atoms with E-state index in [-0.39, 0.29) is 6.04 Å². The van der Waals surface area contributed by atoms with Gasteiger partial charge in [-0.15, -0.1) is 0 Å². The van der Waals surface area contributed by atoms with Crippen LogP contribution in [-0.2, 0) is 6.42 Å². The molecular formula is C18H19ClN2. The lowest BCUT2D eigenvalue weighted by Gasteiger charge is -2.20. The van der Waals surface area contributed by atoms with Crippen molar-refractivity contribution in [2.75, 3.05) is 0 Å². The Balaban J connectivity index is 1.98. The van der Waals surface area contributed by atoms with Crippen LogP contribution in [0.25, 0.3) is 0 Å². The predicted molar refractivity (Wildman–Crippen MR) is 87.3 cm³/mol. The summed E-state index contributed by atoms with van der Waals surface area (Å²) in [4.78, 5) is 0. The average molecular weight is 299 g/mol. The molecule has 3 heteroatoms. The molecule has 2 unspecified atom stereocenters. The SMILES string of the molecule is CC(Cc1cccc(Cl)c1)NC(C)c1cccc(C#N)c1. The van der Waals surface area contributed by atoms with Crippen molar-refractivity contribution in [1.82, 2.24) is 5.32 Å². The second-order valence-electron chi connectivity index (χ2n) is 5.36. The normalized spacial score (nSPS) is 13.4. The van der Waals surface area contributed by atoms with Crippen molar-refractivity contribution in [3.8, 4) is 6.07 Å². The Hall–Kier alpha value is -1.82. The Labute approximate surface area is 131 Å². The molecule has 0 saturated heterocycles. The third-order valence-corrected chi connectivity index (χ3v) is 3.72. The molecule has 0 spiro atoms. The van der Waals surface area contributed by atoms with Gasteiger partial charge in [-0.1, -0.05) is 35.9 Å². The Bertz CT molecular complexity index is 646. The Morgan fingerprint density at radius 2 is 1.90 bits per heavy atom. The van der Waals surface area contributed by atoms with Gasteiger partial charge in [-0.2, -0.15) is 5.26 Å². The second-order valence-corrected chi connectivity index (χ2v) is 5.80. The number of rotatable bonds is 5. The van der Waals surface area contributed by atoms with Crippen molar-refractivity contribution in [3.05, 3.63) is 70.2 Å². The zero-order chi connectivity index (χ0) is 15.2. The quantitative estimate of drug-likeness (QED) is 0.882. The van der Waals surface area contributed by atoms with Crippen LogP contribution in [0.3, 0.4) is 0 Å². The second kappa shape index (κ2) is 7.26. The molecule has 0 aliphatic carbocycles. The molecule has 0 heterocycles. The van der Waals surface area contributed by atoms with E-state index in [9.17, 15) is 0 Å². The van der Waals surface area contributed by atoms with Gasteiger partial charge in [-0.05, 0) is 55.7 Å². The van der Waals surface area contributed by atoms with E-state index in [1.54, 1.807) is 0 Å². The van der Waals surface area contributed by atoms with Gasteiger partial charge < -0.3 is 5.32 Å². The van der Waals surface area contributed by atoms with Crippen LogP contribution in [0, 0.1) is 11.3 Å². The number of hydrogen-bond donors (Lipinski definition) is 1. The fraction of sp³-hybridized carbons (Fsp3) is 0.278. The average Bonchev–Trinajstić information content (AvgIpc) is 2.47. The first-order valence-corrected chi connectivity index (χ1v) is 7.47. The monoisotopic (exact) mass is 298 g/mol. The maximum atomic E-state index is 8.96. The number of hydrogen-bond acceptors (Lipinski definition) is 2. The molecule has 0 aliphatic heterocycles. The molecule has 2 aromatic carbocycles. The summed E-state index contributed by atoms with van der Waals surface area (Å²) >= 11 is 6.01. The number of benzene rings is 2. The summed E-state index contributed by atoms with van der Waals surface area (Å²) in [5.41, 5.74) is 3.05. The van der Waals surface area contributed by atoms with Crippen LogP contribution in [0.1, 0.15) is 36.6 Å². The molecule has 0 bridgehead atoms. The first kappa shape index (κ1) is 15.6. The molecule has 2 atom stereocenters. The molecule has 108 valence electrons. The van der Waals surface area contributed by atoms with E-state index >= 15 is 0 Å². The van der Waals surface area contributed by atoms with E-state index in [4.69, 9.17) is 16.9 Å². The summed E-state index contributed by atoms with van der Waals surface area (Å²) in [5.74, 6) is 0. The fourth-order valence-electron chi connectivity index (χ4n) is 2.48. The van der Waals surface area contributed by atoms with Gasteiger partial charge in [0.15, 0.2) is 0 Å². The van der Waals surface area contributed by atoms with Gasteiger partial charge in [0, 0.05) is 17.1 Å². The summed E-state index contributed by atoms with van der Waals surface area (Å²) < 4.78 is 0. The van der Waals surface area contributed by atoms with Gasteiger partial charge in [0.25, 0.3) is 0 Å². The zero-order valence-corrected chi connectivity index (χ0v) is 13.1. The van der Waals surface area contributed by atoms with Gasteiger partial charge in [-0.25, -0.2) is 0 Å². The lowest BCUT2D eigenvalue weighted by Crippen LogP contribution is -2.30. The lowest BCUT2D eigenvalue weighted by atomic mass is 10.0. The standard InChI is InChI=1S/C18H19ClN2/c1-13(9-15-5-4-8-18(19)11-15)21-14(2)17-7-3-6-16(10-17)12-20/h3-8,10-11,13-14,21H,9H2,1-2H3. The van der Waals surface area contributed by atoms with Gasteiger partial charge in [0.2, 0.25) is 0 Å². The summed E-state index contributed by atoms with van der Waals surface area (Å²) in [7, 11) is 0. The third-order valence-electron chi connectivity index (χ3n) is 3.48. The summed E-state index contributed by atoms with van der Waals surface area (Å²) in [6.07, 6.45) is 0.919. The minimum atomic E-state index is 0.201. The van der Waals surface area contributed by atoms with Crippen molar-refractivity contribution in [1.29, 1.82) is 5.26 Å². The van der Waals surface area contributed by atoms with Crippen molar-refractivity contribution in [2.45, 2.75) is 32.4 Å². The minimum Gasteiger partial charge on any atom is -0.307 e. The maximum absolute atomic E-state index is 8.96. The zero-order valence-electron chi connectivity index (χ0n) is 12.3. The summed E-state index contributed by atoms with van der Waals surface area (Å²) in [5, 5.41) is 13.3. The smallest absolute Gasteiger partial charge is 0.0991 e. The maximum Gasteiger partial charge on any atom is 0.0991 e. The van der Waals surface area contributed by atoms with Crippen LogP contribution in [-0.4, -0.2) is 6.04 Å².